The van der Waals surface area contributed by atoms with Gasteiger partial charge in [0.15, 0.2) is 5.79 Å². The summed E-state index contributed by atoms with van der Waals surface area (Å²) in [5.41, 5.74) is 1.24. The molecule has 0 aromatic rings. The normalized spacial score (nSPS) is 37.8. The Labute approximate surface area is 72.9 Å². The lowest BCUT2D eigenvalue weighted by molar-refractivity contribution is -0.139. The number of fused-ring (bicyclic) bond motifs is 1. The first-order valence-corrected chi connectivity index (χ1v) is 4.29. The average Bonchev–Trinajstić information content (AvgIpc) is 2.25. The van der Waals surface area contributed by atoms with Crippen LogP contribution in [0.4, 0.5) is 0 Å². The van der Waals surface area contributed by atoms with Gasteiger partial charge in [0, 0.05) is 0 Å². The molecule has 2 heteroatoms. The SMILES string of the molecule is CC1=CC=C[C@H]2OC(C)(C)O[C@@H]12. The molecule has 2 aliphatic rings. The van der Waals surface area contributed by atoms with E-state index in [0.717, 1.165) is 0 Å². The van der Waals surface area contributed by atoms with E-state index < -0.39 is 5.79 Å². The van der Waals surface area contributed by atoms with Crippen molar-refractivity contribution < 1.29 is 9.47 Å². The Morgan fingerprint density at radius 2 is 2.08 bits per heavy atom. The highest BCUT2D eigenvalue weighted by Gasteiger charge is 2.41. The van der Waals surface area contributed by atoms with Gasteiger partial charge in [-0.3, -0.25) is 0 Å². The number of allylic oxidation sites excluding steroid dienone is 2. The number of rotatable bonds is 0. The van der Waals surface area contributed by atoms with Gasteiger partial charge in [-0.05, 0) is 26.3 Å². The molecular weight excluding hydrogens is 152 g/mol. The van der Waals surface area contributed by atoms with E-state index in [-0.39, 0.29) is 12.2 Å². The summed E-state index contributed by atoms with van der Waals surface area (Å²) < 4.78 is 11.4. The molecule has 0 radical (unpaired) electrons. The van der Waals surface area contributed by atoms with Crippen molar-refractivity contribution in [2.24, 2.45) is 0 Å². The zero-order chi connectivity index (χ0) is 8.77. The summed E-state index contributed by atoms with van der Waals surface area (Å²) >= 11 is 0. The molecule has 1 fully saturated rings. The monoisotopic (exact) mass is 166 g/mol. The van der Waals surface area contributed by atoms with Crippen LogP contribution in [-0.2, 0) is 9.47 Å². The third-order valence-corrected chi connectivity index (χ3v) is 2.24. The van der Waals surface area contributed by atoms with Crippen LogP contribution < -0.4 is 0 Å². The maximum absolute atomic E-state index is 5.72. The maximum atomic E-state index is 5.72. The van der Waals surface area contributed by atoms with Crippen LogP contribution in [0.5, 0.6) is 0 Å². The Kier molecular flexibility index (Phi) is 1.63. The third-order valence-electron chi connectivity index (χ3n) is 2.24. The largest absolute Gasteiger partial charge is 0.340 e. The molecule has 0 aromatic heterocycles. The van der Waals surface area contributed by atoms with Crippen molar-refractivity contribution >= 4 is 0 Å². The molecular formula is C10H14O2. The second-order valence-electron chi connectivity index (χ2n) is 3.82. The molecule has 2 atom stereocenters. The van der Waals surface area contributed by atoms with Crippen molar-refractivity contribution in [3.05, 3.63) is 23.8 Å². The zero-order valence-corrected chi connectivity index (χ0v) is 7.70. The Morgan fingerprint density at radius 1 is 1.33 bits per heavy atom. The minimum Gasteiger partial charge on any atom is -0.340 e. The molecule has 0 N–H and O–H groups in total. The molecule has 0 unspecified atom stereocenters. The van der Waals surface area contributed by atoms with Gasteiger partial charge in [-0.2, -0.15) is 0 Å². The zero-order valence-electron chi connectivity index (χ0n) is 7.70. The lowest BCUT2D eigenvalue weighted by atomic mass is 10.0. The van der Waals surface area contributed by atoms with Crippen molar-refractivity contribution in [1.29, 1.82) is 0 Å². The van der Waals surface area contributed by atoms with E-state index in [1.54, 1.807) is 0 Å². The van der Waals surface area contributed by atoms with Gasteiger partial charge in [0.2, 0.25) is 0 Å². The summed E-state index contributed by atoms with van der Waals surface area (Å²) in [6, 6.07) is 0. The van der Waals surface area contributed by atoms with Crippen molar-refractivity contribution in [2.75, 3.05) is 0 Å². The highest BCUT2D eigenvalue weighted by Crippen LogP contribution is 2.34. The maximum Gasteiger partial charge on any atom is 0.164 e. The van der Waals surface area contributed by atoms with Crippen LogP contribution in [0, 0.1) is 0 Å². The molecule has 1 aliphatic carbocycles. The van der Waals surface area contributed by atoms with Crippen molar-refractivity contribution in [1.82, 2.24) is 0 Å². The Hall–Kier alpha value is -0.600. The molecule has 66 valence electrons. The van der Waals surface area contributed by atoms with Crippen LogP contribution in [0.1, 0.15) is 20.8 Å². The third kappa shape index (κ3) is 1.21. The molecule has 2 rings (SSSR count). The standard InChI is InChI=1S/C10H14O2/c1-7-5-4-6-8-9(7)12-10(2,3)11-8/h4-6,8-9H,1-3H3/t8-,9+/m1/s1. The molecule has 0 bridgehead atoms. The van der Waals surface area contributed by atoms with Crippen LogP contribution in [-0.4, -0.2) is 18.0 Å². The van der Waals surface area contributed by atoms with Crippen LogP contribution >= 0.6 is 0 Å². The van der Waals surface area contributed by atoms with Crippen molar-refractivity contribution in [3.8, 4) is 0 Å². The van der Waals surface area contributed by atoms with Crippen LogP contribution in [0.2, 0.25) is 0 Å². The van der Waals surface area contributed by atoms with E-state index in [1.807, 2.05) is 26.0 Å². The van der Waals surface area contributed by atoms with Gasteiger partial charge >= 0.3 is 0 Å². The highest BCUT2D eigenvalue weighted by molar-refractivity contribution is 5.25. The second kappa shape index (κ2) is 2.44. The molecule has 0 amide bonds. The van der Waals surface area contributed by atoms with Gasteiger partial charge < -0.3 is 9.47 Å². The number of hydrogen-bond acceptors (Lipinski definition) is 2. The fourth-order valence-electron chi connectivity index (χ4n) is 1.69. The predicted molar refractivity (Wildman–Crippen MR) is 46.7 cm³/mol. The average molecular weight is 166 g/mol. The van der Waals surface area contributed by atoms with E-state index in [4.69, 9.17) is 9.47 Å². The molecule has 0 spiro atoms. The lowest BCUT2D eigenvalue weighted by Gasteiger charge is -2.17. The van der Waals surface area contributed by atoms with Crippen molar-refractivity contribution in [3.63, 3.8) is 0 Å². The summed E-state index contributed by atoms with van der Waals surface area (Å²) in [6.45, 7) is 5.98. The molecule has 1 aliphatic heterocycles. The summed E-state index contributed by atoms with van der Waals surface area (Å²) in [5, 5.41) is 0. The van der Waals surface area contributed by atoms with Gasteiger partial charge in [-0.15, -0.1) is 0 Å². The van der Waals surface area contributed by atoms with Crippen LogP contribution in [0.25, 0.3) is 0 Å². The highest BCUT2D eigenvalue weighted by atomic mass is 16.7. The lowest BCUT2D eigenvalue weighted by Crippen LogP contribution is -2.23. The molecule has 0 aromatic carbocycles. The number of hydrogen-bond donors (Lipinski definition) is 0. The van der Waals surface area contributed by atoms with E-state index in [1.165, 1.54) is 5.57 Å². The number of ether oxygens (including phenoxy) is 2. The molecule has 1 saturated heterocycles. The predicted octanol–water partition coefficient (Wildman–Crippen LogP) is 2.02. The smallest absolute Gasteiger partial charge is 0.164 e. The Morgan fingerprint density at radius 3 is 2.75 bits per heavy atom. The molecule has 2 nitrogen and oxygen atoms in total. The minimum atomic E-state index is -0.431. The summed E-state index contributed by atoms with van der Waals surface area (Å²) in [6.07, 6.45) is 6.40. The van der Waals surface area contributed by atoms with Crippen molar-refractivity contribution in [2.45, 2.75) is 38.8 Å². The second-order valence-corrected chi connectivity index (χ2v) is 3.82. The molecule has 0 saturated carbocycles. The van der Waals surface area contributed by atoms with Gasteiger partial charge in [0.25, 0.3) is 0 Å². The quantitative estimate of drug-likeness (QED) is 0.548. The Balaban J connectivity index is 2.24. The first-order valence-electron chi connectivity index (χ1n) is 4.29. The van der Waals surface area contributed by atoms with E-state index in [2.05, 4.69) is 13.0 Å². The minimum absolute atomic E-state index is 0.116. The summed E-state index contributed by atoms with van der Waals surface area (Å²) in [4.78, 5) is 0. The van der Waals surface area contributed by atoms with Crippen LogP contribution in [0.15, 0.2) is 23.8 Å². The molecule has 12 heavy (non-hydrogen) atoms. The van der Waals surface area contributed by atoms with Gasteiger partial charge in [-0.25, -0.2) is 0 Å². The van der Waals surface area contributed by atoms with Crippen LogP contribution in [0.3, 0.4) is 0 Å². The van der Waals surface area contributed by atoms with E-state index in [9.17, 15) is 0 Å². The molecule has 1 heterocycles. The first-order chi connectivity index (χ1) is 5.58. The van der Waals surface area contributed by atoms with E-state index >= 15 is 0 Å². The fourth-order valence-corrected chi connectivity index (χ4v) is 1.69. The fraction of sp³-hybridized carbons (Fsp3) is 0.600. The Bertz CT molecular complexity index is 251. The van der Waals surface area contributed by atoms with E-state index in [0.29, 0.717) is 0 Å². The van der Waals surface area contributed by atoms with Gasteiger partial charge in [-0.1, -0.05) is 18.2 Å². The summed E-state index contributed by atoms with van der Waals surface area (Å²) in [5.74, 6) is -0.431. The topological polar surface area (TPSA) is 18.5 Å². The summed E-state index contributed by atoms with van der Waals surface area (Å²) in [7, 11) is 0. The first kappa shape index (κ1) is 8.02. The van der Waals surface area contributed by atoms with Gasteiger partial charge in [0.1, 0.15) is 12.2 Å². The van der Waals surface area contributed by atoms with Gasteiger partial charge in [0.05, 0.1) is 0 Å².